The molecule has 0 aromatic heterocycles. The standard InChI is InChI=1S/C25H26N2O5S/c1-15-10-12-20(13-17(15)3)27-33(30,31)23-14-19(11-9-16(23)2)24(28)26-22-8-6-7-21(18(22)4)25(29)32-5/h6-14,27H,1-5H3,(H,26,28). The first-order valence-electron chi connectivity index (χ1n) is 10.2. The summed E-state index contributed by atoms with van der Waals surface area (Å²) < 4.78 is 33.5. The molecule has 0 aliphatic carbocycles. The highest BCUT2D eigenvalue weighted by molar-refractivity contribution is 7.92. The predicted octanol–water partition coefficient (Wildman–Crippen LogP) is 4.76. The molecule has 0 radical (unpaired) electrons. The molecule has 8 heteroatoms. The minimum atomic E-state index is -3.92. The monoisotopic (exact) mass is 466 g/mol. The molecule has 0 aliphatic rings. The van der Waals surface area contributed by atoms with Crippen LogP contribution >= 0.6 is 0 Å². The number of anilines is 2. The van der Waals surface area contributed by atoms with Crippen molar-refractivity contribution in [3.63, 3.8) is 0 Å². The Labute approximate surface area is 193 Å². The average Bonchev–Trinajstić information content (AvgIpc) is 2.77. The van der Waals surface area contributed by atoms with Crippen molar-refractivity contribution in [2.75, 3.05) is 17.1 Å². The van der Waals surface area contributed by atoms with Gasteiger partial charge in [0.05, 0.1) is 17.6 Å². The van der Waals surface area contributed by atoms with Crippen molar-refractivity contribution < 1.29 is 22.7 Å². The van der Waals surface area contributed by atoms with Crippen LogP contribution in [0.25, 0.3) is 0 Å². The van der Waals surface area contributed by atoms with Crippen molar-refractivity contribution >= 4 is 33.3 Å². The maximum atomic E-state index is 13.1. The van der Waals surface area contributed by atoms with E-state index in [0.717, 1.165) is 11.1 Å². The fourth-order valence-corrected chi connectivity index (χ4v) is 4.66. The van der Waals surface area contributed by atoms with Crippen molar-refractivity contribution in [1.82, 2.24) is 0 Å². The molecule has 2 N–H and O–H groups in total. The summed E-state index contributed by atoms with van der Waals surface area (Å²) in [6.07, 6.45) is 0. The number of benzene rings is 3. The molecular weight excluding hydrogens is 440 g/mol. The van der Waals surface area contributed by atoms with Crippen LogP contribution in [0.2, 0.25) is 0 Å². The van der Waals surface area contributed by atoms with Gasteiger partial charge in [-0.2, -0.15) is 0 Å². The first kappa shape index (κ1) is 24.0. The second-order valence-electron chi connectivity index (χ2n) is 7.81. The molecule has 7 nitrogen and oxygen atoms in total. The Balaban J connectivity index is 1.90. The van der Waals surface area contributed by atoms with Gasteiger partial charge in [-0.3, -0.25) is 9.52 Å². The number of ether oxygens (including phenoxy) is 1. The molecule has 0 bridgehead atoms. The number of rotatable bonds is 6. The van der Waals surface area contributed by atoms with E-state index in [-0.39, 0.29) is 10.5 Å². The van der Waals surface area contributed by atoms with Gasteiger partial charge in [0.1, 0.15) is 0 Å². The van der Waals surface area contributed by atoms with Gasteiger partial charge in [-0.15, -0.1) is 0 Å². The molecule has 1 amide bonds. The van der Waals surface area contributed by atoms with Crippen molar-refractivity contribution in [3.8, 4) is 0 Å². The van der Waals surface area contributed by atoms with Gasteiger partial charge in [0.2, 0.25) is 0 Å². The lowest BCUT2D eigenvalue weighted by atomic mass is 10.1. The molecule has 3 aromatic carbocycles. The number of carbonyl (C=O) groups is 2. The number of nitrogens with one attached hydrogen (secondary N) is 2. The molecule has 172 valence electrons. The molecule has 0 saturated heterocycles. The first-order valence-corrected chi connectivity index (χ1v) is 11.7. The molecule has 0 saturated carbocycles. The summed E-state index contributed by atoms with van der Waals surface area (Å²) in [4.78, 5) is 24.8. The molecule has 3 rings (SSSR count). The molecule has 0 unspecified atom stereocenters. The Morgan fingerprint density at radius 2 is 1.55 bits per heavy atom. The van der Waals surface area contributed by atoms with Gasteiger partial charge in [0.25, 0.3) is 15.9 Å². The van der Waals surface area contributed by atoms with E-state index in [1.165, 1.54) is 13.2 Å². The third-order valence-electron chi connectivity index (χ3n) is 5.49. The SMILES string of the molecule is COC(=O)c1cccc(NC(=O)c2ccc(C)c(S(=O)(=O)Nc3ccc(C)c(C)c3)c2)c1C. The number of methoxy groups -OCH3 is 1. The van der Waals surface area contributed by atoms with Crippen LogP contribution in [0.4, 0.5) is 11.4 Å². The summed E-state index contributed by atoms with van der Waals surface area (Å²) in [5.41, 5.74) is 4.46. The zero-order chi connectivity index (χ0) is 24.3. The van der Waals surface area contributed by atoms with E-state index >= 15 is 0 Å². The quantitative estimate of drug-likeness (QED) is 0.510. The van der Waals surface area contributed by atoms with Crippen LogP contribution < -0.4 is 10.0 Å². The molecule has 0 heterocycles. The van der Waals surface area contributed by atoms with E-state index in [1.807, 2.05) is 19.9 Å². The van der Waals surface area contributed by atoms with Gasteiger partial charge >= 0.3 is 5.97 Å². The fourth-order valence-electron chi connectivity index (χ4n) is 3.34. The van der Waals surface area contributed by atoms with Crippen molar-refractivity contribution in [3.05, 3.63) is 88.0 Å². The Morgan fingerprint density at radius 1 is 0.848 bits per heavy atom. The highest BCUT2D eigenvalue weighted by Gasteiger charge is 2.20. The number of amides is 1. The first-order chi connectivity index (χ1) is 15.5. The van der Waals surface area contributed by atoms with Gasteiger partial charge in [-0.05, 0) is 86.3 Å². The summed E-state index contributed by atoms with van der Waals surface area (Å²) in [5.74, 6) is -1.01. The predicted molar refractivity (Wildman–Crippen MR) is 128 cm³/mol. The van der Waals surface area contributed by atoms with Crippen molar-refractivity contribution in [2.45, 2.75) is 32.6 Å². The van der Waals surface area contributed by atoms with Gasteiger partial charge in [0, 0.05) is 16.9 Å². The molecule has 3 aromatic rings. The number of hydrogen-bond donors (Lipinski definition) is 2. The highest BCUT2D eigenvalue weighted by Crippen LogP contribution is 2.24. The van der Waals surface area contributed by atoms with Crippen molar-refractivity contribution in [2.24, 2.45) is 0 Å². The smallest absolute Gasteiger partial charge is 0.338 e. The lowest BCUT2D eigenvalue weighted by Gasteiger charge is -2.14. The number of carbonyl (C=O) groups excluding carboxylic acids is 2. The van der Waals surface area contributed by atoms with E-state index in [1.54, 1.807) is 56.3 Å². The van der Waals surface area contributed by atoms with Crippen LogP contribution in [0.15, 0.2) is 59.5 Å². The molecule has 0 aliphatic heterocycles. The minimum absolute atomic E-state index is 0.00779. The summed E-state index contributed by atoms with van der Waals surface area (Å²) >= 11 is 0. The number of esters is 1. The Hall–Kier alpha value is -3.65. The third-order valence-corrected chi connectivity index (χ3v) is 7.01. The maximum absolute atomic E-state index is 13.1. The lowest BCUT2D eigenvalue weighted by molar-refractivity contribution is 0.0599. The summed E-state index contributed by atoms with van der Waals surface area (Å²) in [6.45, 7) is 7.21. The molecule has 33 heavy (non-hydrogen) atoms. The van der Waals surface area contributed by atoms with Crippen LogP contribution in [0, 0.1) is 27.7 Å². The van der Waals surface area contributed by atoms with E-state index in [0.29, 0.717) is 28.1 Å². The Morgan fingerprint density at radius 3 is 2.21 bits per heavy atom. The second-order valence-corrected chi connectivity index (χ2v) is 9.46. The zero-order valence-electron chi connectivity index (χ0n) is 19.1. The van der Waals surface area contributed by atoms with Gasteiger partial charge in [-0.25, -0.2) is 13.2 Å². The molecule has 0 fully saturated rings. The fraction of sp³-hybridized carbons (Fsp3) is 0.200. The van der Waals surface area contributed by atoms with E-state index < -0.39 is 21.9 Å². The Bertz CT molecular complexity index is 1350. The zero-order valence-corrected chi connectivity index (χ0v) is 20.0. The normalized spacial score (nSPS) is 11.1. The number of aryl methyl sites for hydroxylation is 3. The third kappa shape index (κ3) is 5.23. The van der Waals surface area contributed by atoms with Crippen molar-refractivity contribution in [1.29, 1.82) is 0 Å². The minimum Gasteiger partial charge on any atom is -0.465 e. The molecular formula is C25H26N2O5S. The molecule has 0 spiro atoms. The van der Waals surface area contributed by atoms with Gasteiger partial charge in [-0.1, -0.05) is 18.2 Å². The average molecular weight is 467 g/mol. The van der Waals surface area contributed by atoms with E-state index in [2.05, 4.69) is 10.0 Å². The largest absolute Gasteiger partial charge is 0.465 e. The van der Waals surface area contributed by atoms with E-state index in [4.69, 9.17) is 4.74 Å². The summed E-state index contributed by atoms with van der Waals surface area (Å²) in [7, 11) is -2.64. The van der Waals surface area contributed by atoms with Crippen LogP contribution in [-0.2, 0) is 14.8 Å². The number of sulfonamides is 1. The van der Waals surface area contributed by atoms with Crippen LogP contribution in [-0.4, -0.2) is 27.4 Å². The summed E-state index contributed by atoms with van der Waals surface area (Å²) in [6, 6.07) is 14.7. The second kappa shape index (κ2) is 9.46. The lowest BCUT2D eigenvalue weighted by Crippen LogP contribution is -2.18. The van der Waals surface area contributed by atoms with Gasteiger partial charge < -0.3 is 10.1 Å². The van der Waals surface area contributed by atoms with Crippen LogP contribution in [0.1, 0.15) is 43.0 Å². The topological polar surface area (TPSA) is 102 Å². The van der Waals surface area contributed by atoms with Gasteiger partial charge in [0.15, 0.2) is 0 Å². The number of hydrogen-bond acceptors (Lipinski definition) is 5. The highest BCUT2D eigenvalue weighted by atomic mass is 32.2. The van der Waals surface area contributed by atoms with Crippen LogP contribution in [0.5, 0.6) is 0 Å². The van der Waals surface area contributed by atoms with E-state index in [9.17, 15) is 18.0 Å². The summed E-state index contributed by atoms with van der Waals surface area (Å²) in [5, 5.41) is 2.75. The Kier molecular flexibility index (Phi) is 6.88. The molecule has 0 atom stereocenters. The maximum Gasteiger partial charge on any atom is 0.338 e. The van der Waals surface area contributed by atoms with Crippen LogP contribution in [0.3, 0.4) is 0 Å².